The van der Waals surface area contributed by atoms with E-state index in [1.54, 1.807) is 26.1 Å². The van der Waals surface area contributed by atoms with Crippen molar-refractivity contribution in [3.8, 4) is 11.5 Å². The predicted molar refractivity (Wildman–Crippen MR) is 70.4 cm³/mol. The van der Waals surface area contributed by atoms with E-state index in [0.717, 1.165) is 0 Å². The van der Waals surface area contributed by atoms with Gasteiger partial charge in [0.2, 0.25) is 0 Å². The summed E-state index contributed by atoms with van der Waals surface area (Å²) in [5, 5.41) is 2.95. The van der Waals surface area contributed by atoms with Crippen LogP contribution in [0.5, 0.6) is 11.5 Å². The summed E-state index contributed by atoms with van der Waals surface area (Å²) in [6, 6.07) is 8.64. The summed E-state index contributed by atoms with van der Waals surface area (Å²) >= 11 is 0. The van der Waals surface area contributed by atoms with E-state index >= 15 is 0 Å². The number of benzene rings is 2. The van der Waals surface area contributed by atoms with Gasteiger partial charge in [-0.15, -0.1) is 0 Å². The largest absolute Gasteiger partial charge is 0.457 e. The van der Waals surface area contributed by atoms with E-state index in [-0.39, 0.29) is 11.6 Å². The zero-order valence-electron chi connectivity index (χ0n) is 10.8. The molecule has 0 saturated carbocycles. The quantitative estimate of drug-likeness (QED) is 0.906. The molecule has 0 unspecified atom stereocenters. The lowest BCUT2D eigenvalue weighted by molar-refractivity contribution is 0.466. The number of aryl methyl sites for hydroxylation is 1. The minimum absolute atomic E-state index is 0.306. The number of hydrogen-bond acceptors (Lipinski definition) is 2. The highest BCUT2D eigenvalue weighted by atomic mass is 19.1. The predicted octanol–water partition coefficient (Wildman–Crippen LogP) is 3.78. The molecule has 0 bridgehead atoms. The van der Waals surface area contributed by atoms with Crippen LogP contribution in [0.25, 0.3) is 0 Å². The highest BCUT2D eigenvalue weighted by molar-refractivity contribution is 5.41. The minimum atomic E-state index is -0.312. The van der Waals surface area contributed by atoms with Crippen molar-refractivity contribution in [2.24, 2.45) is 0 Å². The van der Waals surface area contributed by atoms with Gasteiger partial charge >= 0.3 is 0 Å². The number of halogens is 2. The topological polar surface area (TPSA) is 21.3 Å². The van der Waals surface area contributed by atoms with E-state index in [0.29, 0.717) is 29.2 Å². The van der Waals surface area contributed by atoms with E-state index in [4.69, 9.17) is 4.74 Å². The third kappa shape index (κ3) is 3.29. The maximum Gasteiger partial charge on any atom is 0.132 e. The Bertz CT molecular complexity index is 584. The second-order valence-electron chi connectivity index (χ2n) is 4.29. The minimum Gasteiger partial charge on any atom is -0.457 e. The standard InChI is InChI=1S/C15H15F2NO/c1-10-7-12(16)3-5-14(10)19-15-6-4-13(17)8-11(15)9-18-2/h3-8,18H,9H2,1-2H3. The molecule has 2 aromatic carbocycles. The lowest BCUT2D eigenvalue weighted by Crippen LogP contribution is -2.07. The third-order valence-corrected chi connectivity index (χ3v) is 2.75. The SMILES string of the molecule is CNCc1cc(F)ccc1Oc1ccc(F)cc1C. The third-order valence-electron chi connectivity index (χ3n) is 2.75. The molecule has 0 fully saturated rings. The summed E-state index contributed by atoms with van der Waals surface area (Å²) in [5.41, 5.74) is 1.41. The van der Waals surface area contributed by atoms with Gasteiger partial charge in [-0.3, -0.25) is 0 Å². The number of ether oxygens (including phenoxy) is 1. The van der Waals surface area contributed by atoms with Crippen molar-refractivity contribution in [1.82, 2.24) is 5.32 Å². The van der Waals surface area contributed by atoms with Crippen LogP contribution in [0.3, 0.4) is 0 Å². The van der Waals surface area contributed by atoms with Crippen molar-refractivity contribution in [3.05, 3.63) is 59.2 Å². The van der Waals surface area contributed by atoms with Crippen molar-refractivity contribution < 1.29 is 13.5 Å². The lowest BCUT2D eigenvalue weighted by Gasteiger charge is -2.13. The molecule has 2 aromatic rings. The Morgan fingerprint density at radius 3 is 2.26 bits per heavy atom. The molecule has 0 aliphatic heterocycles. The summed E-state index contributed by atoms with van der Waals surface area (Å²) in [7, 11) is 1.78. The summed E-state index contributed by atoms with van der Waals surface area (Å²) < 4.78 is 32.0. The first kappa shape index (κ1) is 13.5. The van der Waals surface area contributed by atoms with E-state index in [1.807, 2.05) is 0 Å². The van der Waals surface area contributed by atoms with Crippen molar-refractivity contribution in [2.45, 2.75) is 13.5 Å². The van der Waals surface area contributed by atoms with Gasteiger partial charge in [0.25, 0.3) is 0 Å². The van der Waals surface area contributed by atoms with Crippen molar-refractivity contribution in [1.29, 1.82) is 0 Å². The molecule has 19 heavy (non-hydrogen) atoms. The first-order chi connectivity index (χ1) is 9.10. The molecular weight excluding hydrogens is 248 g/mol. The maximum absolute atomic E-state index is 13.2. The number of nitrogens with one attached hydrogen (secondary N) is 1. The van der Waals surface area contributed by atoms with E-state index in [2.05, 4.69) is 5.32 Å². The Morgan fingerprint density at radius 2 is 1.63 bits per heavy atom. The van der Waals surface area contributed by atoms with Gasteiger partial charge < -0.3 is 10.1 Å². The fourth-order valence-electron chi connectivity index (χ4n) is 1.82. The van der Waals surface area contributed by atoms with Crippen LogP contribution in [-0.4, -0.2) is 7.05 Å². The highest BCUT2D eigenvalue weighted by Crippen LogP contribution is 2.28. The fraction of sp³-hybridized carbons (Fsp3) is 0.200. The monoisotopic (exact) mass is 263 g/mol. The van der Waals surface area contributed by atoms with Crippen molar-refractivity contribution in [2.75, 3.05) is 7.05 Å². The molecule has 0 amide bonds. The van der Waals surface area contributed by atoms with Crippen molar-refractivity contribution in [3.63, 3.8) is 0 Å². The van der Waals surface area contributed by atoms with Gasteiger partial charge in [0, 0.05) is 12.1 Å². The Labute approximate surface area is 111 Å². The van der Waals surface area contributed by atoms with Gasteiger partial charge in [-0.05, 0) is 55.9 Å². The molecular formula is C15H15F2NO. The molecule has 1 N–H and O–H groups in total. The normalized spacial score (nSPS) is 10.5. The fourth-order valence-corrected chi connectivity index (χ4v) is 1.82. The summed E-state index contributed by atoms with van der Waals surface area (Å²) in [6.07, 6.45) is 0. The molecule has 0 aliphatic carbocycles. The molecule has 100 valence electrons. The average Bonchev–Trinajstić information content (AvgIpc) is 2.36. The molecule has 0 aliphatic rings. The van der Waals surface area contributed by atoms with Crippen LogP contribution in [0.4, 0.5) is 8.78 Å². The summed E-state index contributed by atoms with van der Waals surface area (Å²) in [5.74, 6) is 0.503. The van der Waals surface area contributed by atoms with E-state index in [9.17, 15) is 8.78 Å². The molecule has 0 aromatic heterocycles. The zero-order valence-corrected chi connectivity index (χ0v) is 10.8. The Hall–Kier alpha value is -1.94. The van der Waals surface area contributed by atoms with Gasteiger partial charge in [0.15, 0.2) is 0 Å². The van der Waals surface area contributed by atoms with Crippen molar-refractivity contribution >= 4 is 0 Å². The van der Waals surface area contributed by atoms with Gasteiger partial charge in [0.1, 0.15) is 23.1 Å². The van der Waals surface area contributed by atoms with Crippen LogP contribution in [0.15, 0.2) is 36.4 Å². The number of rotatable bonds is 4. The molecule has 0 atom stereocenters. The van der Waals surface area contributed by atoms with Crippen LogP contribution in [0.2, 0.25) is 0 Å². The molecule has 2 rings (SSSR count). The molecule has 0 saturated heterocycles. The Morgan fingerprint density at radius 1 is 1.00 bits per heavy atom. The smallest absolute Gasteiger partial charge is 0.132 e. The first-order valence-corrected chi connectivity index (χ1v) is 5.97. The van der Waals surface area contributed by atoms with Crippen LogP contribution >= 0.6 is 0 Å². The molecule has 0 heterocycles. The summed E-state index contributed by atoms with van der Waals surface area (Å²) in [4.78, 5) is 0. The van der Waals surface area contributed by atoms with Crippen LogP contribution in [0, 0.1) is 18.6 Å². The van der Waals surface area contributed by atoms with Gasteiger partial charge in [-0.2, -0.15) is 0 Å². The Kier molecular flexibility index (Phi) is 4.12. The Balaban J connectivity index is 2.32. The van der Waals surface area contributed by atoms with Crippen LogP contribution in [0.1, 0.15) is 11.1 Å². The van der Waals surface area contributed by atoms with E-state index in [1.165, 1.54) is 24.3 Å². The van der Waals surface area contributed by atoms with Gasteiger partial charge in [0.05, 0.1) is 0 Å². The molecule has 0 spiro atoms. The summed E-state index contributed by atoms with van der Waals surface area (Å²) in [6.45, 7) is 2.26. The van der Waals surface area contributed by atoms with Gasteiger partial charge in [-0.1, -0.05) is 0 Å². The number of hydrogen-bond donors (Lipinski definition) is 1. The zero-order chi connectivity index (χ0) is 13.8. The highest BCUT2D eigenvalue weighted by Gasteiger charge is 2.08. The van der Waals surface area contributed by atoms with Gasteiger partial charge in [-0.25, -0.2) is 8.78 Å². The maximum atomic E-state index is 13.2. The first-order valence-electron chi connectivity index (χ1n) is 5.97. The second kappa shape index (κ2) is 5.80. The lowest BCUT2D eigenvalue weighted by atomic mass is 10.2. The van der Waals surface area contributed by atoms with E-state index < -0.39 is 0 Å². The van der Waals surface area contributed by atoms with Crippen LogP contribution < -0.4 is 10.1 Å². The molecule has 4 heteroatoms. The average molecular weight is 263 g/mol. The molecule has 0 radical (unpaired) electrons. The second-order valence-corrected chi connectivity index (χ2v) is 4.29. The molecule has 2 nitrogen and oxygen atoms in total. The van der Waals surface area contributed by atoms with Crippen LogP contribution in [-0.2, 0) is 6.54 Å².